The van der Waals surface area contributed by atoms with Crippen molar-refractivity contribution in [3.63, 3.8) is 0 Å². The van der Waals surface area contributed by atoms with E-state index in [1.165, 1.54) is 297 Å². The Hall–Kier alpha value is -0.0800. The highest BCUT2D eigenvalue weighted by atomic mass is 32.2. The molecule has 0 bridgehead atoms. The maximum Gasteiger partial charge on any atom is 0.00858 e. The molecular weight excluding hydrogens is 713 g/mol. The first-order valence-corrected chi connectivity index (χ1v) is 28.2. The summed E-state index contributed by atoms with van der Waals surface area (Å²) in [7, 11) is 0. The number of rotatable bonds is 47. The van der Waals surface area contributed by atoms with Gasteiger partial charge in [-0.15, -0.1) is 23.5 Å². The lowest BCUT2D eigenvalue weighted by atomic mass is 10.0. The average Bonchev–Trinajstić information content (AvgIpc) is 3.21. The molecule has 0 saturated heterocycles. The monoisotopic (exact) mass is 815 g/mol. The van der Waals surface area contributed by atoms with Gasteiger partial charge in [0.2, 0.25) is 0 Å². The van der Waals surface area contributed by atoms with Crippen molar-refractivity contribution in [1.29, 1.82) is 0 Å². The highest BCUT2D eigenvalue weighted by Gasteiger charge is 2.05. The van der Waals surface area contributed by atoms with Crippen LogP contribution in [0.25, 0.3) is 0 Å². The summed E-state index contributed by atoms with van der Waals surface area (Å²) >= 11 is 4.25. The molecule has 0 N–H and O–H groups in total. The van der Waals surface area contributed by atoms with Crippen LogP contribution in [0.1, 0.15) is 296 Å². The normalized spacial score (nSPS) is 11.6. The fraction of sp³-hybridized carbons (Fsp3) is 0.889. The topological polar surface area (TPSA) is 0 Å². The van der Waals surface area contributed by atoms with Gasteiger partial charge in [-0.25, -0.2) is 0 Å². The predicted molar refractivity (Wildman–Crippen MR) is 263 cm³/mol. The highest BCUT2D eigenvalue weighted by molar-refractivity contribution is 8.00. The number of aryl methyl sites for hydroxylation is 1. The second-order valence-corrected chi connectivity index (χ2v) is 20.4. The van der Waals surface area contributed by atoms with Crippen LogP contribution in [0.3, 0.4) is 0 Å². The zero-order valence-electron chi connectivity index (χ0n) is 38.9. The highest BCUT2D eigenvalue weighted by Crippen LogP contribution is 2.30. The molecule has 0 atom stereocenters. The van der Waals surface area contributed by atoms with E-state index in [1.54, 1.807) is 5.56 Å². The molecule has 0 unspecified atom stereocenters. The van der Waals surface area contributed by atoms with Gasteiger partial charge in [0.15, 0.2) is 0 Å². The third kappa shape index (κ3) is 39.4. The van der Waals surface area contributed by atoms with Gasteiger partial charge in [-0.2, -0.15) is 0 Å². The summed E-state index contributed by atoms with van der Waals surface area (Å²) in [5.74, 6) is 2.58. The van der Waals surface area contributed by atoms with Gasteiger partial charge in [-0.1, -0.05) is 271 Å². The van der Waals surface area contributed by atoms with Crippen LogP contribution >= 0.6 is 23.5 Å². The molecule has 0 nitrogen and oxygen atoms in total. The van der Waals surface area contributed by atoms with Crippen molar-refractivity contribution >= 4 is 23.5 Å². The summed E-state index contributed by atoms with van der Waals surface area (Å²) in [6.45, 7) is 6.95. The largest absolute Gasteiger partial charge is 0.126 e. The smallest absolute Gasteiger partial charge is 0.00858 e. The van der Waals surface area contributed by atoms with E-state index in [9.17, 15) is 0 Å². The van der Waals surface area contributed by atoms with Crippen LogP contribution in [0.15, 0.2) is 28.0 Å². The molecule has 0 aliphatic rings. The van der Waals surface area contributed by atoms with E-state index in [0.717, 1.165) is 0 Å². The van der Waals surface area contributed by atoms with E-state index in [0.29, 0.717) is 0 Å². The molecule has 2 heteroatoms. The summed E-state index contributed by atoms with van der Waals surface area (Å²) in [6, 6.07) is 7.54. The fourth-order valence-electron chi connectivity index (χ4n) is 8.42. The quantitative estimate of drug-likeness (QED) is 0.0475. The van der Waals surface area contributed by atoms with Crippen LogP contribution in [0.5, 0.6) is 0 Å². The number of thioether (sulfide) groups is 2. The first-order valence-electron chi connectivity index (χ1n) is 26.2. The number of benzene rings is 1. The minimum absolute atomic E-state index is 1.25. The van der Waals surface area contributed by atoms with Crippen molar-refractivity contribution in [3.05, 3.63) is 23.8 Å². The maximum atomic E-state index is 2.51. The Labute approximate surface area is 363 Å². The SMILES string of the molecule is CCCCCCCCCCCCCCCCCCCCCCSc1cc(CCCC)cc(SCCCCCCCCCCCCCCCCCCCCCC)c1. The van der Waals surface area contributed by atoms with E-state index in [1.807, 2.05) is 0 Å². The van der Waals surface area contributed by atoms with Crippen molar-refractivity contribution in [2.45, 2.75) is 307 Å². The zero-order chi connectivity index (χ0) is 40.1. The van der Waals surface area contributed by atoms with Crippen LogP contribution in [-0.4, -0.2) is 11.5 Å². The number of unbranched alkanes of at least 4 members (excludes halogenated alkanes) is 39. The summed E-state index contributed by atoms with van der Waals surface area (Å²) in [4.78, 5) is 3.06. The van der Waals surface area contributed by atoms with Crippen LogP contribution in [0, 0.1) is 0 Å². The second-order valence-electron chi connectivity index (χ2n) is 18.0. The Bertz CT molecular complexity index is 815. The Kier molecular flexibility index (Phi) is 44.3. The first kappa shape index (κ1) is 53.9. The van der Waals surface area contributed by atoms with E-state index in [2.05, 4.69) is 62.5 Å². The summed E-state index contributed by atoms with van der Waals surface area (Å²) in [5, 5.41) is 0. The molecule has 0 aromatic heterocycles. The van der Waals surface area contributed by atoms with Gasteiger partial charge in [0, 0.05) is 9.79 Å². The van der Waals surface area contributed by atoms with E-state index < -0.39 is 0 Å². The average molecular weight is 816 g/mol. The van der Waals surface area contributed by atoms with E-state index >= 15 is 0 Å². The molecule has 1 aromatic rings. The number of hydrogen-bond donors (Lipinski definition) is 0. The van der Waals surface area contributed by atoms with Crippen LogP contribution in [0.2, 0.25) is 0 Å². The maximum absolute atomic E-state index is 2.51. The Morgan fingerprint density at radius 3 is 0.696 bits per heavy atom. The molecule has 0 aliphatic carbocycles. The lowest BCUT2D eigenvalue weighted by molar-refractivity contribution is 0.523. The van der Waals surface area contributed by atoms with Crippen LogP contribution in [0.4, 0.5) is 0 Å². The Balaban J connectivity index is 1.97. The van der Waals surface area contributed by atoms with Gasteiger partial charge in [0.05, 0.1) is 0 Å². The molecular formula is C54H102S2. The molecule has 0 spiro atoms. The zero-order valence-corrected chi connectivity index (χ0v) is 40.5. The second kappa shape index (κ2) is 46.0. The summed E-state index contributed by atoms with van der Waals surface area (Å²) in [5.41, 5.74) is 1.58. The van der Waals surface area contributed by atoms with Gasteiger partial charge in [0.1, 0.15) is 0 Å². The van der Waals surface area contributed by atoms with E-state index in [-0.39, 0.29) is 0 Å². The van der Waals surface area contributed by atoms with Crippen molar-refractivity contribution < 1.29 is 0 Å². The molecule has 1 rings (SSSR count). The summed E-state index contributed by atoms with van der Waals surface area (Å²) in [6.07, 6.45) is 62.2. The van der Waals surface area contributed by atoms with Gasteiger partial charge in [-0.3, -0.25) is 0 Å². The van der Waals surface area contributed by atoms with Crippen LogP contribution in [-0.2, 0) is 6.42 Å². The molecule has 0 aliphatic heterocycles. The molecule has 56 heavy (non-hydrogen) atoms. The molecule has 0 radical (unpaired) electrons. The van der Waals surface area contributed by atoms with Gasteiger partial charge in [-0.05, 0) is 61.0 Å². The number of hydrogen-bond acceptors (Lipinski definition) is 2. The van der Waals surface area contributed by atoms with Crippen LogP contribution < -0.4 is 0 Å². The Morgan fingerprint density at radius 1 is 0.250 bits per heavy atom. The molecule has 0 saturated carbocycles. The third-order valence-corrected chi connectivity index (χ3v) is 14.4. The molecule has 0 amide bonds. The Morgan fingerprint density at radius 2 is 0.464 bits per heavy atom. The third-order valence-electron chi connectivity index (χ3n) is 12.3. The van der Waals surface area contributed by atoms with Crippen molar-refractivity contribution in [2.24, 2.45) is 0 Å². The van der Waals surface area contributed by atoms with Crippen molar-refractivity contribution in [1.82, 2.24) is 0 Å². The minimum Gasteiger partial charge on any atom is -0.126 e. The van der Waals surface area contributed by atoms with Gasteiger partial charge >= 0.3 is 0 Å². The lowest BCUT2D eigenvalue weighted by Crippen LogP contribution is -1.90. The summed E-state index contributed by atoms with van der Waals surface area (Å²) < 4.78 is 0. The molecule has 0 fully saturated rings. The van der Waals surface area contributed by atoms with Gasteiger partial charge in [0.25, 0.3) is 0 Å². The molecule has 0 heterocycles. The van der Waals surface area contributed by atoms with Gasteiger partial charge < -0.3 is 0 Å². The predicted octanol–water partition coefficient (Wildman–Crippen LogP) is 20.9. The fourth-order valence-corrected chi connectivity index (χ4v) is 10.6. The van der Waals surface area contributed by atoms with E-state index in [4.69, 9.17) is 0 Å². The molecule has 330 valence electrons. The molecule has 1 aromatic carbocycles. The first-order chi connectivity index (χ1) is 27.8. The minimum atomic E-state index is 1.25. The van der Waals surface area contributed by atoms with Crippen molar-refractivity contribution in [2.75, 3.05) is 11.5 Å². The lowest BCUT2D eigenvalue weighted by Gasteiger charge is -2.10. The standard InChI is InChI=1S/C54H102S2/c1-4-7-10-12-14-16-18-20-22-24-26-28-30-32-34-36-38-40-42-44-47-55-53-49-52(46-9-6-3)50-54(51-53)56-48-45-43-41-39-37-35-33-31-29-27-25-23-21-19-17-15-13-11-8-5-2/h49-51H,4-48H2,1-3H3. The van der Waals surface area contributed by atoms with Crippen molar-refractivity contribution in [3.8, 4) is 0 Å².